The van der Waals surface area contributed by atoms with Gasteiger partial charge in [0.15, 0.2) is 17.2 Å². The highest BCUT2D eigenvalue weighted by Gasteiger charge is 2.33. The number of nitrogens with zero attached hydrogens (tertiary/aromatic N) is 1. The minimum absolute atomic E-state index is 0.0232. The molecule has 0 aromatic carbocycles. The van der Waals surface area contributed by atoms with E-state index in [4.69, 9.17) is 4.74 Å². The minimum Gasteiger partial charge on any atom is -0.494 e. The lowest BCUT2D eigenvalue weighted by atomic mass is 10.2. The number of methoxy groups -OCH3 is 1. The van der Waals surface area contributed by atoms with E-state index >= 15 is 0 Å². The number of hydrogen-bond acceptors (Lipinski definition) is 5. The third-order valence-corrected chi connectivity index (χ3v) is 2.07. The van der Waals surface area contributed by atoms with Gasteiger partial charge in [-0.25, -0.2) is 14.2 Å². The van der Waals surface area contributed by atoms with E-state index in [0.29, 0.717) is 0 Å². The molecule has 1 aromatic rings. The Morgan fingerprint density at radius 1 is 1.35 bits per heavy atom. The molecule has 1 rings (SSSR count). The first-order chi connectivity index (χ1) is 9.32. The molecular formula is C11H11F4NO4. The molecule has 0 aliphatic heterocycles. The van der Waals surface area contributed by atoms with Gasteiger partial charge in [-0.1, -0.05) is 0 Å². The molecule has 0 saturated heterocycles. The van der Waals surface area contributed by atoms with Gasteiger partial charge in [0.25, 0.3) is 0 Å². The van der Waals surface area contributed by atoms with Gasteiger partial charge in [-0.3, -0.25) is 0 Å². The number of esters is 1. The summed E-state index contributed by atoms with van der Waals surface area (Å²) in [6, 6.07) is 0.738. The average molecular weight is 297 g/mol. The first kappa shape index (κ1) is 16.0. The molecule has 20 heavy (non-hydrogen) atoms. The molecule has 0 atom stereocenters. The zero-order valence-corrected chi connectivity index (χ0v) is 10.6. The van der Waals surface area contributed by atoms with Crippen molar-refractivity contribution in [3.63, 3.8) is 0 Å². The topological polar surface area (TPSA) is 57.7 Å². The van der Waals surface area contributed by atoms with E-state index in [1.54, 1.807) is 0 Å². The summed E-state index contributed by atoms with van der Waals surface area (Å²) in [5.41, 5.74) is -1.09. The van der Waals surface area contributed by atoms with Crippen molar-refractivity contribution in [2.24, 2.45) is 0 Å². The molecule has 0 spiro atoms. The molecule has 0 aliphatic rings. The number of alkyl halides is 4. The van der Waals surface area contributed by atoms with Crippen LogP contribution < -0.4 is 9.47 Å². The van der Waals surface area contributed by atoms with Crippen molar-refractivity contribution in [1.29, 1.82) is 0 Å². The highest BCUT2D eigenvalue weighted by Crippen LogP contribution is 2.31. The number of carbonyl (C=O) groups is 1. The van der Waals surface area contributed by atoms with Crippen LogP contribution in [0.4, 0.5) is 17.6 Å². The normalized spacial score (nSPS) is 11.1. The van der Waals surface area contributed by atoms with Gasteiger partial charge in [0.05, 0.1) is 13.7 Å². The molecular weight excluding hydrogens is 286 g/mol. The number of ether oxygens (including phenoxy) is 3. The Morgan fingerprint density at radius 2 is 2.00 bits per heavy atom. The summed E-state index contributed by atoms with van der Waals surface area (Å²) in [5.74, 6) is -2.11. The SMILES string of the molecule is CCOC(=O)c1nc(CF)c(OC(F)(F)F)cc1OC. The molecule has 1 aromatic heterocycles. The first-order valence-corrected chi connectivity index (χ1v) is 5.39. The maximum atomic E-state index is 12.7. The van der Waals surface area contributed by atoms with Crippen LogP contribution in [0, 0.1) is 0 Å². The quantitative estimate of drug-likeness (QED) is 0.617. The first-order valence-electron chi connectivity index (χ1n) is 5.39. The molecule has 0 radical (unpaired) electrons. The predicted octanol–water partition coefficient (Wildman–Crippen LogP) is 2.64. The molecule has 0 saturated carbocycles. The van der Waals surface area contributed by atoms with Gasteiger partial charge in [0.1, 0.15) is 12.4 Å². The van der Waals surface area contributed by atoms with E-state index < -0.39 is 36.1 Å². The lowest BCUT2D eigenvalue weighted by molar-refractivity contribution is -0.275. The fourth-order valence-electron chi connectivity index (χ4n) is 1.33. The zero-order valence-electron chi connectivity index (χ0n) is 10.6. The Bertz CT molecular complexity index is 490. The molecule has 0 N–H and O–H groups in total. The van der Waals surface area contributed by atoms with E-state index in [1.807, 2.05) is 0 Å². The van der Waals surface area contributed by atoms with Crippen molar-refractivity contribution in [1.82, 2.24) is 4.98 Å². The van der Waals surface area contributed by atoms with Crippen molar-refractivity contribution in [3.05, 3.63) is 17.5 Å². The second-order valence-electron chi connectivity index (χ2n) is 3.39. The molecule has 0 amide bonds. The van der Waals surface area contributed by atoms with Crippen LogP contribution in [-0.4, -0.2) is 31.0 Å². The largest absolute Gasteiger partial charge is 0.573 e. The Labute approximate surface area is 111 Å². The van der Waals surface area contributed by atoms with Crippen LogP contribution in [0.1, 0.15) is 23.1 Å². The molecule has 0 aliphatic carbocycles. The minimum atomic E-state index is -5.01. The van der Waals surface area contributed by atoms with Gasteiger partial charge in [0.2, 0.25) is 0 Å². The van der Waals surface area contributed by atoms with E-state index in [1.165, 1.54) is 6.92 Å². The fourth-order valence-corrected chi connectivity index (χ4v) is 1.33. The third-order valence-electron chi connectivity index (χ3n) is 2.07. The summed E-state index contributed by atoms with van der Waals surface area (Å²) in [6.07, 6.45) is -5.01. The Kier molecular flexibility index (Phi) is 5.12. The maximum absolute atomic E-state index is 12.7. The Hall–Kier alpha value is -2.06. The lowest BCUT2D eigenvalue weighted by Crippen LogP contribution is -2.19. The predicted molar refractivity (Wildman–Crippen MR) is 58.2 cm³/mol. The van der Waals surface area contributed by atoms with Gasteiger partial charge >= 0.3 is 12.3 Å². The van der Waals surface area contributed by atoms with Crippen molar-refractivity contribution >= 4 is 5.97 Å². The smallest absolute Gasteiger partial charge is 0.494 e. The monoisotopic (exact) mass is 297 g/mol. The summed E-state index contributed by atoms with van der Waals surface area (Å²) >= 11 is 0. The van der Waals surface area contributed by atoms with E-state index in [2.05, 4.69) is 14.5 Å². The van der Waals surface area contributed by atoms with E-state index in [0.717, 1.165) is 13.2 Å². The number of rotatable bonds is 5. The molecule has 9 heteroatoms. The van der Waals surface area contributed by atoms with Gasteiger partial charge < -0.3 is 14.2 Å². The van der Waals surface area contributed by atoms with E-state index in [-0.39, 0.29) is 12.4 Å². The fraction of sp³-hybridized carbons (Fsp3) is 0.455. The summed E-state index contributed by atoms with van der Waals surface area (Å²) in [6.45, 7) is 0.207. The lowest BCUT2D eigenvalue weighted by Gasteiger charge is -2.14. The second-order valence-corrected chi connectivity index (χ2v) is 3.39. The second kappa shape index (κ2) is 6.40. The Morgan fingerprint density at radius 3 is 2.45 bits per heavy atom. The molecule has 1 heterocycles. The van der Waals surface area contributed by atoms with Crippen LogP contribution in [0.15, 0.2) is 6.07 Å². The molecule has 0 fully saturated rings. The average Bonchev–Trinajstić information content (AvgIpc) is 2.36. The summed E-state index contributed by atoms with van der Waals surface area (Å²) in [4.78, 5) is 15.0. The number of hydrogen-bond donors (Lipinski definition) is 0. The number of halogens is 4. The number of pyridine rings is 1. The van der Waals surface area contributed by atoms with Crippen molar-refractivity contribution in [2.45, 2.75) is 20.0 Å². The maximum Gasteiger partial charge on any atom is 0.573 e. The summed E-state index contributed by atoms with van der Waals surface area (Å²) < 4.78 is 62.2. The number of aromatic nitrogens is 1. The zero-order chi connectivity index (χ0) is 15.3. The van der Waals surface area contributed by atoms with Gasteiger partial charge in [-0.15, -0.1) is 13.2 Å². The van der Waals surface area contributed by atoms with Gasteiger partial charge in [0, 0.05) is 6.07 Å². The molecule has 5 nitrogen and oxygen atoms in total. The summed E-state index contributed by atoms with van der Waals surface area (Å²) in [5, 5.41) is 0. The van der Waals surface area contributed by atoms with Crippen molar-refractivity contribution in [2.75, 3.05) is 13.7 Å². The molecule has 112 valence electrons. The standard InChI is InChI=1S/C11H11F4NO4/c1-3-19-10(17)9-8(18-2)4-7(6(5-12)16-9)20-11(13,14)15/h4H,3,5H2,1-2H3. The van der Waals surface area contributed by atoms with Crippen molar-refractivity contribution < 1.29 is 36.6 Å². The molecule has 0 bridgehead atoms. The summed E-state index contributed by atoms with van der Waals surface area (Å²) in [7, 11) is 1.12. The highest BCUT2D eigenvalue weighted by molar-refractivity contribution is 5.90. The highest BCUT2D eigenvalue weighted by atomic mass is 19.4. The van der Waals surface area contributed by atoms with E-state index in [9.17, 15) is 22.4 Å². The Balaban J connectivity index is 3.26. The van der Waals surface area contributed by atoms with Crippen LogP contribution in [-0.2, 0) is 11.4 Å². The van der Waals surface area contributed by atoms with Crippen LogP contribution in [0.2, 0.25) is 0 Å². The number of carbonyl (C=O) groups excluding carboxylic acids is 1. The van der Waals surface area contributed by atoms with Gasteiger partial charge in [-0.05, 0) is 6.92 Å². The van der Waals surface area contributed by atoms with Crippen LogP contribution in [0.25, 0.3) is 0 Å². The van der Waals surface area contributed by atoms with Crippen molar-refractivity contribution in [3.8, 4) is 11.5 Å². The third kappa shape index (κ3) is 3.97. The van der Waals surface area contributed by atoms with Crippen LogP contribution in [0.3, 0.4) is 0 Å². The molecule has 0 unspecified atom stereocenters. The van der Waals surface area contributed by atoms with Crippen LogP contribution in [0.5, 0.6) is 11.5 Å². The van der Waals surface area contributed by atoms with Crippen LogP contribution >= 0.6 is 0 Å². The van der Waals surface area contributed by atoms with Gasteiger partial charge in [-0.2, -0.15) is 0 Å².